The van der Waals surface area contributed by atoms with Gasteiger partial charge in [-0.15, -0.1) is 11.3 Å². The van der Waals surface area contributed by atoms with Gasteiger partial charge in [-0.05, 0) is 37.3 Å². The zero-order chi connectivity index (χ0) is 17.9. The van der Waals surface area contributed by atoms with E-state index in [0.717, 1.165) is 44.0 Å². The first-order chi connectivity index (χ1) is 12.7. The Kier molecular flexibility index (Phi) is 5.17. The number of anilines is 1. The number of hydrogen-bond donors (Lipinski definition) is 1. The molecule has 0 aliphatic carbocycles. The second-order valence-electron chi connectivity index (χ2n) is 7.34. The summed E-state index contributed by atoms with van der Waals surface area (Å²) in [6, 6.07) is 6.39. The molecule has 0 unspecified atom stereocenters. The highest BCUT2D eigenvalue weighted by Gasteiger charge is 2.36. The van der Waals surface area contributed by atoms with Gasteiger partial charge in [0.15, 0.2) is 5.13 Å². The van der Waals surface area contributed by atoms with Crippen molar-refractivity contribution in [1.82, 2.24) is 19.8 Å². The molecule has 26 heavy (non-hydrogen) atoms. The number of pyridine rings is 1. The van der Waals surface area contributed by atoms with Crippen LogP contribution in [0.15, 0.2) is 29.8 Å². The van der Waals surface area contributed by atoms with Crippen LogP contribution in [0.2, 0.25) is 0 Å². The third kappa shape index (κ3) is 4.04. The van der Waals surface area contributed by atoms with E-state index in [1.807, 2.05) is 23.7 Å². The molecule has 5 rings (SSSR count). The Hall–Kier alpha value is -1.99. The summed E-state index contributed by atoms with van der Waals surface area (Å²) in [5, 5.41) is 2.53. The topological polar surface area (TPSA) is 75.3 Å². The van der Waals surface area contributed by atoms with E-state index in [4.69, 9.17) is 5.73 Å². The maximum atomic E-state index is 12.8. The molecular formula is C19H25N5OS. The molecule has 3 aliphatic rings. The zero-order valence-electron chi connectivity index (χ0n) is 14.9. The molecule has 1 amide bonds. The minimum absolute atomic E-state index is 0.256. The van der Waals surface area contributed by atoms with E-state index in [-0.39, 0.29) is 5.91 Å². The summed E-state index contributed by atoms with van der Waals surface area (Å²) in [6.07, 6.45) is 5.38. The van der Waals surface area contributed by atoms with Gasteiger partial charge < -0.3 is 10.6 Å². The average molecular weight is 372 g/mol. The zero-order valence-corrected chi connectivity index (χ0v) is 15.7. The number of carbonyl (C=O) groups excluding carboxylic acids is 1. The number of hydrogen-bond acceptors (Lipinski definition) is 6. The van der Waals surface area contributed by atoms with Crippen molar-refractivity contribution in [1.29, 1.82) is 0 Å². The fourth-order valence-electron chi connectivity index (χ4n) is 4.15. The SMILES string of the molecule is Nc1nc(CCC(=O)N2C[C@H]3CC[C@@H]2CN(Cc2ccccn2)C3)cs1. The molecule has 2 aromatic heterocycles. The maximum absolute atomic E-state index is 12.8. The molecule has 2 atom stereocenters. The van der Waals surface area contributed by atoms with Crippen molar-refractivity contribution in [2.75, 3.05) is 25.4 Å². The number of amides is 1. The van der Waals surface area contributed by atoms with E-state index in [1.54, 1.807) is 0 Å². The predicted molar refractivity (Wildman–Crippen MR) is 103 cm³/mol. The monoisotopic (exact) mass is 371 g/mol. The molecule has 138 valence electrons. The van der Waals surface area contributed by atoms with Crippen molar-refractivity contribution in [2.24, 2.45) is 5.92 Å². The number of aryl methyl sites for hydroxylation is 1. The van der Waals surface area contributed by atoms with E-state index < -0.39 is 0 Å². The van der Waals surface area contributed by atoms with Crippen LogP contribution in [0.4, 0.5) is 5.13 Å². The van der Waals surface area contributed by atoms with Gasteiger partial charge in [0.25, 0.3) is 0 Å². The van der Waals surface area contributed by atoms with Gasteiger partial charge in [0.05, 0.1) is 11.4 Å². The van der Waals surface area contributed by atoms with Crippen molar-refractivity contribution in [3.05, 3.63) is 41.2 Å². The van der Waals surface area contributed by atoms with Gasteiger partial charge in [0, 0.05) is 50.2 Å². The third-order valence-corrected chi connectivity index (χ3v) is 6.11. The quantitative estimate of drug-likeness (QED) is 0.872. The number of rotatable bonds is 5. The second kappa shape index (κ2) is 7.72. The lowest BCUT2D eigenvalue weighted by molar-refractivity contribution is -0.135. The molecule has 5 heterocycles. The second-order valence-corrected chi connectivity index (χ2v) is 8.23. The molecule has 2 aromatic rings. The normalized spacial score (nSPS) is 23.2. The number of carbonyl (C=O) groups is 1. The number of aromatic nitrogens is 2. The van der Waals surface area contributed by atoms with Crippen molar-refractivity contribution in [3.63, 3.8) is 0 Å². The van der Waals surface area contributed by atoms with Gasteiger partial charge in [0.1, 0.15) is 0 Å². The lowest BCUT2D eigenvalue weighted by atomic mass is 9.94. The largest absolute Gasteiger partial charge is 0.375 e. The number of nitrogen functional groups attached to an aromatic ring is 1. The standard InChI is InChI=1S/C19H25N5OS/c20-19-22-16(13-26-19)5-7-18(25)24-10-14-4-6-17(24)12-23(9-14)11-15-3-1-2-8-21-15/h1-3,8,13-14,17H,4-7,9-12H2,(H2,20,22)/t14-,17+/m0/s1. The number of thiazole rings is 1. The summed E-state index contributed by atoms with van der Waals surface area (Å²) >= 11 is 1.44. The van der Waals surface area contributed by atoms with Gasteiger partial charge >= 0.3 is 0 Å². The van der Waals surface area contributed by atoms with Gasteiger partial charge in [-0.2, -0.15) is 0 Å². The van der Waals surface area contributed by atoms with Crippen LogP contribution in [-0.2, 0) is 17.8 Å². The van der Waals surface area contributed by atoms with Crippen LogP contribution in [0, 0.1) is 5.92 Å². The molecule has 0 saturated carbocycles. The highest BCUT2D eigenvalue weighted by Crippen LogP contribution is 2.29. The minimum atomic E-state index is 0.256. The number of nitrogens with zero attached hydrogens (tertiary/aromatic N) is 4. The third-order valence-electron chi connectivity index (χ3n) is 5.39. The summed E-state index contributed by atoms with van der Waals surface area (Å²) < 4.78 is 0. The van der Waals surface area contributed by atoms with Crippen molar-refractivity contribution >= 4 is 22.4 Å². The Bertz CT molecular complexity index is 749. The fraction of sp³-hybridized carbons (Fsp3) is 0.526. The maximum Gasteiger partial charge on any atom is 0.223 e. The van der Waals surface area contributed by atoms with Crippen LogP contribution in [0.25, 0.3) is 0 Å². The molecule has 3 saturated heterocycles. The van der Waals surface area contributed by atoms with E-state index >= 15 is 0 Å². The molecule has 3 aliphatic heterocycles. The van der Waals surface area contributed by atoms with Crippen LogP contribution in [0.3, 0.4) is 0 Å². The number of nitrogens with two attached hydrogens (primary N) is 1. The summed E-state index contributed by atoms with van der Waals surface area (Å²) in [5.74, 6) is 0.822. The molecule has 2 bridgehead atoms. The van der Waals surface area contributed by atoms with Crippen LogP contribution in [0.1, 0.15) is 30.7 Å². The first kappa shape index (κ1) is 17.4. The Morgan fingerprint density at radius 3 is 2.92 bits per heavy atom. The van der Waals surface area contributed by atoms with E-state index in [1.165, 1.54) is 17.8 Å². The van der Waals surface area contributed by atoms with Crippen molar-refractivity contribution in [3.8, 4) is 0 Å². The Balaban J connectivity index is 1.37. The van der Waals surface area contributed by atoms with Crippen LogP contribution < -0.4 is 5.73 Å². The minimum Gasteiger partial charge on any atom is -0.375 e. The first-order valence-electron chi connectivity index (χ1n) is 9.29. The van der Waals surface area contributed by atoms with Crippen LogP contribution >= 0.6 is 11.3 Å². The summed E-state index contributed by atoms with van der Waals surface area (Å²) in [5.41, 5.74) is 7.71. The van der Waals surface area contributed by atoms with Crippen molar-refractivity contribution < 1.29 is 4.79 Å². The van der Waals surface area contributed by atoms with E-state index in [9.17, 15) is 4.79 Å². The Morgan fingerprint density at radius 1 is 1.23 bits per heavy atom. The molecule has 3 fully saturated rings. The van der Waals surface area contributed by atoms with Crippen molar-refractivity contribution in [2.45, 2.75) is 38.3 Å². The Morgan fingerprint density at radius 2 is 2.15 bits per heavy atom. The summed E-state index contributed by atoms with van der Waals surface area (Å²) in [4.78, 5) is 26.1. The fourth-order valence-corrected chi connectivity index (χ4v) is 4.75. The van der Waals surface area contributed by atoms with Crippen LogP contribution in [-0.4, -0.2) is 51.4 Å². The van der Waals surface area contributed by atoms with Gasteiger partial charge in [0.2, 0.25) is 5.91 Å². The highest BCUT2D eigenvalue weighted by atomic mass is 32.1. The van der Waals surface area contributed by atoms with Crippen LogP contribution in [0.5, 0.6) is 0 Å². The molecular weight excluding hydrogens is 346 g/mol. The first-order valence-corrected chi connectivity index (χ1v) is 10.2. The molecule has 0 spiro atoms. The molecule has 7 heteroatoms. The van der Waals surface area contributed by atoms with Gasteiger partial charge in [-0.1, -0.05) is 6.07 Å². The van der Waals surface area contributed by atoms with E-state index in [2.05, 4.69) is 25.8 Å². The molecule has 2 N–H and O–H groups in total. The highest BCUT2D eigenvalue weighted by molar-refractivity contribution is 7.13. The van der Waals surface area contributed by atoms with E-state index in [0.29, 0.717) is 29.9 Å². The summed E-state index contributed by atoms with van der Waals surface area (Å²) in [6.45, 7) is 3.76. The summed E-state index contributed by atoms with van der Waals surface area (Å²) in [7, 11) is 0. The molecule has 0 aromatic carbocycles. The smallest absolute Gasteiger partial charge is 0.223 e. The molecule has 6 nitrogen and oxygen atoms in total. The average Bonchev–Trinajstić information content (AvgIpc) is 2.87. The lowest BCUT2D eigenvalue weighted by Crippen LogP contribution is -2.47. The van der Waals surface area contributed by atoms with Gasteiger partial charge in [-0.3, -0.25) is 14.7 Å². The number of fused-ring (bicyclic) bond motifs is 4. The lowest BCUT2D eigenvalue weighted by Gasteiger charge is -2.36. The predicted octanol–water partition coefficient (Wildman–Crippen LogP) is 2.18. The Labute approximate surface area is 158 Å². The number of piperidine rings is 1. The van der Waals surface area contributed by atoms with Gasteiger partial charge in [-0.25, -0.2) is 4.98 Å². The molecule has 0 radical (unpaired) electrons.